The Morgan fingerprint density at radius 1 is 1.11 bits per heavy atom. The summed E-state index contributed by atoms with van der Waals surface area (Å²) in [5, 5.41) is 15.3. The number of amides is 1. The van der Waals surface area contributed by atoms with E-state index in [-0.39, 0.29) is 22.8 Å². The number of carbonyl (C=O) groups is 1. The lowest BCUT2D eigenvalue weighted by atomic mass is 9.49. The molecule has 4 bridgehead atoms. The van der Waals surface area contributed by atoms with Gasteiger partial charge in [-0.2, -0.15) is 5.10 Å². The van der Waals surface area contributed by atoms with Crippen LogP contribution >= 0.6 is 0 Å². The van der Waals surface area contributed by atoms with E-state index in [2.05, 4.69) is 15.5 Å². The van der Waals surface area contributed by atoms with E-state index >= 15 is 0 Å². The average molecular weight is 365 g/mol. The first-order valence-corrected chi connectivity index (χ1v) is 9.71. The fourth-order valence-electron chi connectivity index (χ4n) is 6.08. The van der Waals surface area contributed by atoms with Gasteiger partial charge in [-0.25, -0.2) is 5.43 Å². The summed E-state index contributed by atoms with van der Waals surface area (Å²) in [4.78, 5) is 27.3. The summed E-state index contributed by atoms with van der Waals surface area (Å²) < 4.78 is 0. The molecular formula is C21H23N3O3. The summed E-state index contributed by atoms with van der Waals surface area (Å²) >= 11 is 0. The molecule has 0 aliphatic heterocycles. The number of hydrazone groups is 1. The van der Waals surface area contributed by atoms with Crippen molar-refractivity contribution in [2.75, 3.05) is 0 Å². The predicted molar refractivity (Wildman–Crippen MR) is 103 cm³/mol. The Balaban J connectivity index is 1.39. The zero-order valence-electron chi connectivity index (χ0n) is 15.1. The van der Waals surface area contributed by atoms with Crippen LogP contribution in [0.15, 0.2) is 34.2 Å². The van der Waals surface area contributed by atoms with Crippen molar-refractivity contribution in [2.45, 2.75) is 38.5 Å². The van der Waals surface area contributed by atoms with Gasteiger partial charge in [-0.05, 0) is 62.3 Å². The van der Waals surface area contributed by atoms with Gasteiger partial charge in [0.1, 0.15) is 0 Å². The Bertz CT molecular complexity index is 972. The van der Waals surface area contributed by atoms with Crippen LogP contribution in [0.5, 0.6) is 5.88 Å². The van der Waals surface area contributed by atoms with Crippen LogP contribution in [0, 0.1) is 23.2 Å². The van der Waals surface area contributed by atoms with Crippen molar-refractivity contribution in [3.63, 3.8) is 0 Å². The van der Waals surface area contributed by atoms with E-state index in [1.54, 1.807) is 24.3 Å². The van der Waals surface area contributed by atoms with E-state index in [9.17, 15) is 14.7 Å². The maximum Gasteiger partial charge on any atom is 0.258 e. The maximum atomic E-state index is 12.9. The van der Waals surface area contributed by atoms with Crippen molar-refractivity contribution in [3.8, 4) is 5.88 Å². The van der Waals surface area contributed by atoms with Crippen LogP contribution in [0.25, 0.3) is 10.8 Å². The number of aromatic hydroxyl groups is 1. The number of hydrogen-bond donors (Lipinski definition) is 3. The molecule has 1 heterocycles. The van der Waals surface area contributed by atoms with Gasteiger partial charge in [0.15, 0.2) is 0 Å². The average Bonchev–Trinajstić information content (AvgIpc) is 2.63. The number of aromatic nitrogens is 1. The Morgan fingerprint density at radius 3 is 2.33 bits per heavy atom. The van der Waals surface area contributed by atoms with E-state index in [1.165, 1.54) is 25.5 Å². The number of hydrogen-bond acceptors (Lipinski definition) is 4. The molecule has 1 amide bonds. The molecule has 4 saturated carbocycles. The van der Waals surface area contributed by atoms with Gasteiger partial charge >= 0.3 is 0 Å². The van der Waals surface area contributed by atoms with Gasteiger partial charge in [0.25, 0.3) is 5.56 Å². The molecule has 27 heavy (non-hydrogen) atoms. The molecule has 4 aliphatic carbocycles. The summed E-state index contributed by atoms with van der Waals surface area (Å²) in [5.74, 6) is 1.84. The number of nitrogens with zero attached hydrogens (tertiary/aromatic N) is 1. The molecule has 1 aromatic heterocycles. The van der Waals surface area contributed by atoms with Crippen LogP contribution in [-0.2, 0) is 4.79 Å². The maximum absolute atomic E-state index is 12.9. The molecule has 4 aliphatic rings. The lowest BCUT2D eigenvalue weighted by Gasteiger charge is -2.55. The molecule has 0 unspecified atom stereocenters. The van der Waals surface area contributed by atoms with E-state index in [4.69, 9.17) is 0 Å². The second-order valence-corrected chi connectivity index (χ2v) is 8.66. The van der Waals surface area contributed by atoms with Gasteiger partial charge in [-0.15, -0.1) is 0 Å². The van der Waals surface area contributed by atoms with Gasteiger partial charge in [0.05, 0.1) is 17.2 Å². The van der Waals surface area contributed by atoms with Gasteiger partial charge in [0.2, 0.25) is 11.8 Å². The minimum Gasteiger partial charge on any atom is -0.494 e. The van der Waals surface area contributed by atoms with Crippen molar-refractivity contribution in [3.05, 3.63) is 40.2 Å². The van der Waals surface area contributed by atoms with E-state index in [0.717, 1.165) is 19.3 Å². The van der Waals surface area contributed by atoms with Crippen molar-refractivity contribution in [1.82, 2.24) is 10.4 Å². The molecule has 0 saturated heterocycles. The van der Waals surface area contributed by atoms with E-state index < -0.39 is 0 Å². The first kappa shape index (κ1) is 16.5. The number of H-pyrrole nitrogens is 1. The summed E-state index contributed by atoms with van der Waals surface area (Å²) in [6.45, 7) is 0. The highest BCUT2D eigenvalue weighted by atomic mass is 16.3. The number of carbonyl (C=O) groups excluding carboxylic acids is 1. The molecule has 6 rings (SSSR count). The van der Waals surface area contributed by atoms with Gasteiger partial charge < -0.3 is 5.11 Å². The highest BCUT2D eigenvalue weighted by Crippen LogP contribution is 2.60. The summed E-state index contributed by atoms with van der Waals surface area (Å²) in [6, 6.07) is 7.02. The van der Waals surface area contributed by atoms with Crippen LogP contribution in [0.4, 0.5) is 0 Å². The summed E-state index contributed by atoms with van der Waals surface area (Å²) in [7, 11) is 0. The Hall–Kier alpha value is -2.63. The van der Waals surface area contributed by atoms with Crippen molar-refractivity contribution < 1.29 is 9.90 Å². The van der Waals surface area contributed by atoms with Gasteiger partial charge in [-0.1, -0.05) is 18.2 Å². The summed E-state index contributed by atoms with van der Waals surface area (Å²) in [5.41, 5.74) is 2.51. The van der Waals surface area contributed by atoms with Crippen LogP contribution in [0.2, 0.25) is 0 Å². The third-order valence-corrected chi connectivity index (χ3v) is 6.83. The molecule has 6 heteroatoms. The number of benzene rings is 1. The standard InChI is InChI=1S/C21H23N3O3/c25-18-16-4-2-1-3-15(16)17(19(26)23-18)11-22-24-20(27)21-8-12-5-13(9-21)7-14(6-12)10-21/h1-4,11-14H,5-10H2,(H,24,27)(H2,23,25,26)/b22-11+. The molecule has 140 valence electrons. The Morgan fingerprint density at radius 2 is 1.70 bits per heavy atom. The smallest absolute Gasteiger partial charge is 0.258 e. The predicted octanol–water partition coefficient (Wildman–Crippen LogP) is 2.90. The molecule has 2 aromatic rings. The third-order valence-electron chi connectivity index (χ3n) is 6.83. The molecule has 1 aromatic carbocycles. The minimum atomic E-state index is -0.349. The number of rotatable bonds is 3. The fraction of sp³-hybridized carbons (Fsp3) is 0.476. The lowest BCUT2D eigenvalue weighted by molar-refractivity contribution is -0.146. The largest absolute Gasteiger partial charge is 0.494 e. The Labute approximate surface area is 156 Å². The first-order valence-electron chi connectivity index (χ1n) is 9.71. The zero-order chi connectivity index (χ0) is 18.6. The van der Waals surface area contributed by atoms with Crippen LogP contribution in [0.3, 0.4) is 0 Å². The monoisotopic (exact) mass is 365 g/mol. The van der Waals surface area contributed by atoms with Gasteiger partial charge in [0, 0.05) is 10.8 Å². The van der Waals surface area contributed by atoms with Crippen molar-refractivity contribution in [2.24, 2.45) is 28.3 Å². The molecule has 6 nitrogen and oxygen atoms in total. The first-order chi connectivity index (χ1) is 13.0. The number of fused-ring (bicyclic) bond motifs is 1. The number of aromatic amines is 1. The summed E-state index contributed by atoms with van der Waals surface area (Å²) in [6.07, 6.45) is 8.21. The minimum absolute atomic E-state index is 0.00562. The molecule has 4 fully saturated rings. The topological polar surface area (TPSA) is 94.5 Å². The second kappa shape index (κ2) is 5.94. The van der Waals surface area contributed by atoms with Crippen molar-refractivity contribution >= 4 is 22.9 Å². The second-order valence-electron chi connectivity index (χ2n) is 8.66. The van der Waals surface area contributed by atoms with Gasteiger partial charge in [-0.3, -0.25) is 14.6 Å². The van der Waals surface area contributed by atoms with Crippen LogP contribution in [0.1, 0.15) is 44.1 Å². The quantitative estimate of drug-likeness (QED) is 0.576. The lowest BCUT2D eigenvalue weighted by Crippen LogP contribution is -2.52. The highest BCUT2D eigenvalue weighted by molar-refractivity contribution is 6.01. The van der Waals surface area contributed by atoms with Crippen molar-refractivity contribution in [1.29, 1.82) is 0 Å². The number of nitrogens with one attached hydrogen (secondary N) is 2. The number of pyridine rings is 1. The SMILES string of the molecule is O=C(N/N=C/c1c(O)[nH]c(=O)c2ccccc12)C12CC3CC(CC(C3)C1)C2. The molecule has 0 spiro atoms. The Kier molecular flexibility index (Phi) is 3.64. The molecule has 3 N–H and O–H groups in total. The fourth-order valence-corrected chi connectivity index (χ4v) is 6.08. The normalized spacial score (nSPS) is 31.6. The molecule has 0 radical (unpaired) electrons. The van der Waals surface area contributed by atoms with E-state index in [0.29, 0.717) is 34.1 Å². The van der Waals surface area contributed by atoms with E-state index in [1.807, 2.05) is 0 Å². The third kappa shape index (κ3) is 2.66. The zero-order valence-corrected chi connectivity index (χ0v) is 15.1. The molecular weight excluding hydrogens is 342 g/mol. The molecule has 0 atom stereocenters. The highest BCUT2D eigenvalue weighted by Gasteiger charge is 2.54. The van der Waals surface area contributed by atoms with Crippen LogP contribution in [-0.4, -0.2) is 22.2 Å². The van der Waals surface area contributed by atoms with Crippen LogP contribution < -0.4 is 11.0 Å².